The zero-order chi connectivity index (χ0) is 21.4. The second kappa shape index (κ2) is 10.2. The first kappa shape index (κ1) is 21.8. The molecule has 0 atom stereocenters. The van der Waals surface area contributed by atoms with Gasteiger partial charge in [0.15, 0.2) is 11.5 Å². The number of carbonyl (C=O) groups excluding carboxylic acids is 2. The van der Waals surface area contributed by atoms with E-state index in [0.717, 1.165) is 0 Å². The molecule has 2 aromatic carbocycles. The van der Waals surface area contributed by atoms with Crippen LogP contribution >= 0.6 is 0 Å². The Balaban J connectivity index is 2.55. The van der Waals surface area contributed by atoms with Gasteiger partial charge in [0.2, 0.25) is 5.78 Å². The number of esters is 1. The summed E-state index contributed by atoms with van der Waals surface area (Å²) in [6.07, 6.45) is 1.45. The first-order valence-corrected chi connectivity index (χ1v) is 8.86. The SMILES string of the molecule is CCOC(=O)/C(=C\c1ccc(OC)c(OC)c1)C(=O)c1ccc(OC)cc1OC. The highest BCUT2D eigenvalue weighted by Crippen LogP contribution is 2.30. The lowest BCUT2D eigenvalue weighted by Gasteiger charge is -2.12. The molecule has 0 aliphatic heterocycles. The molecule has 154 valence electrons. The van der Waals surface area contributed by atoms with E-state index >= 15 is 0 Å². The smallest absolute Gasteiger partial charge is 0.342 e. The molecule has 0 heterocycles. The van der Waals surface area contributed by atoms with Gasteiger partial charge in [0.25, 0.3) is 0 Å². The number of rotatable bonds is 9. The fourth-order valence-corrected chi connectivity index (χ4v) is 2.67. The number of benzene rings is 2. The third-order valence-electron chi connectivity index (χ3n) is 4.11. The highest BCUT2D eigenvalue weighted by Gasteiger charge is 2.24. The van der Waals surface area contributed by atoms with E-state index in [9.17, 15) is 9.59 Å². The van der Waals surface area contributed by atoms with Crippen molar-refractivity contribution < 1.29 is 33.3 Å². The quantitative estimate of drug-likeness (QED) is 0.209. The molecule has 0 saturated heterocycles. The number of Topliss-reactive ketones (excluding diaryl/α,β-unsaturated/α-hetero) is 1. The molecule has 29 heavy (non-hydrogen) atoms. The molecule has 0 aliphatic rings. The normalized spacial score (nSPS) is 10.9. The van der Waals surface area contributed by atoms with Crippen LogP contribution in [-0.4, -0.2) is 46.8 Å². The van der Waals surface area contributed by atoms with Crippen molar-refractivity contribution in [1.29, 1.82) is 0 Å². The first-order chi connectivity index (χ1) is 14.0. The Hall–Kier alpha value is -3.48. The monoisotopic (exact) mass is 400 g/mol. The minimum atomic E-state index is -0.731. The zero-order valence-corrected chi connectivity index (χ0v) is 17.1. The van der Waals surface area contributed by atoms with E-state index in [2.05, 4.69) is 0 Å². The lowest BCUT2D eigenvalue weighted by molar-refractivity contribution is -0.137. The van der Waals surface area contributed by atoms with Gasteiger partial charge in [0.05, 0.1) is 40.6 Å². The number of methoxy groups -OCH3 is 4. The molecule has 0 unspecified atom stereocenters. The Morgan fingerprint density at radius 1 is 0.828 bits per heavy atom. The van der Waals surface area contributed by atoms with Crippen molar-refractivity contribution in [3.63, 3.8) is 0 Å². The average molecular weight is 400 g/mol. The Bertz CT molecular complexity index is 915. The van der Waals surface area contributed by atoms with Gasteiger partial charge in [-0.05, 0) is 42.8 Å². The number of ketones is 1. The summed E-state index contributed by atoms with van der Waals surface area (Å²) in [5.74, 6) is 0.559. The maximum Gasteiger partial charge on any atom is 0.342 e. The molecule has 7 nitrogen and oxygen atoms in total. The minimum absolute atomic E-state index is 0.134. The second-order valence-corrected chi connectivity index (χ2v) is 5.79. The molecule has 0 spiro atoms. The molecular weight excluding hydrogens is 376 g/mol. The van der Waals surface area contributed by atoms with Crippen LogP contribution in [-0.2, 0) is 9.53 Å². The van der Waals surface area contributed by atoms with Crippen LogP contribution in [0.25, 0.3) is 6.08 Å². The zero-order valence-electron chi connectivity index (χ0n) is 17.1. The summed E-state index contributed by atoms with van der Waals surface area (Å²) in [5, 5.41) is 0. The van der Waals surface area contributed by atoms with Gasteiger partial charge >= 0.3 is 5.97 Å². The van der Waals surface area contributed by atoms with Crippen LogP contribution in [0.2, 0.25) is 0 Å². The van der Waals surface area contributed by atoms with Crippen LogP contribution in [0.1, 0.15) is 22.8 Å². The molecule has 0 aliphatic carbocycles. The van der Waals surface area contributed by atoms with Crippen LogP contribution in [0.5, 0.6) is 23.0 Å². The summed E-state index contributed by atoms with van der Waals surface area (Å²) >= 11 is 0. The summed E-state index contributed by atoms with van der Waals surface area (Å²) in [6.45, 7) is 1.81. The third kappa shape index (κ3) is 5.07. The summed E-state index contributed by atoms with van der Waals surface area (Å²) in [5.41, 5.74) is 0.655. The summed E-state index contributed by atoms with van der Waals surface area (Å²) in [4.78, 5) is 25.7. The van der Waals surface area contributed by atoms with Gasteiger partial charge in [0.1, 0.15) is 17.1 Å². The number of ether oxygens (including phenoxy) is 5. The average Bonchev–Trinajstić information content (AvgIpc) is 2.76. The molecule has 0 saturated carbocycles. The second-order valence-electron chi connectivity index (χ2n) is 5.79. The lowest BCUT2D eigenvalue weighted by atomic mass is 9.99. The van der Waals surface area contributed by atoms with Crippen LogP contribution in [0.15, 0.2) is 42.0 Å². The Morgan fingerprint density at radius 2 is 1.52 bits per heavy atom. The van der Waals surface area contributed by atoms with Crippen molar-refractivity contribution in [3.8, 4) is 23.0 Å². The molecular formula is C22H24O7. The predicted octanol–water partition coefficient (Wildman–Crippen LogP) is 3.55. The highest BCUT2D eigenvalue weighted by molar-refractivity contribution is 6.27. The van der Waals surface area contributed by atoms with E-state index in [1.165, 1.54) is 34.5 Å². The van der Waals surface area contributed by atoms with Crippen molar-refractivity contribution in [2.75, 3.05) is 35.0 Å². The topological polar surface area (TPSA) is 80.3 Å². The largest absolute Gasteiger partial charge is 0.497 e. The fourth-order valence-electron chi connectivity index (χ4n) is 2.67. The summed E-state index contributed by atoms with van der Waals surface area (Å²) in [7, 11) is 5.98. The van der Waals surface area contributed by atoms with Crippen LogP contribution in [0, 0.1) is 0 Å². The van der Waals surface area contributed by atoms with Gasteiger partial charge in [-0.15, -0.1) is 0 Å². The number of hydrogen-bond acceptors (Lipinski definition) is 7. The van der Waals surface area contributed by atoms with Gasteiger partial charge in [-0.2, -0.15) is 0 Å². The maximum atomic E-state index is 13.2. The molecule has 2 rings (SSSR count). The maximum absolute atomic E-state index is 13.2. The molecule has 2 aromatic rings. The molecule has 0 aromatic heterocycles. The molecule has 0 bridgehead atoms. The van der Waals surface area contributed by atoms with Crippen molar-refractivity contribution in [1.82, 2.24) is 0 Å². The molecule has 0 amide bonds. The molecule has 0 fully saturated rings. The van der Waals surface area contributed by atoms with Gasteiger partial charge in [-0.3, -0.25) is 4.79 Å². The Labute approximate surface area is 169 Å². The van der Waals surface area contributed by atoms with Gasteiger partial charge in [-0.25, -0.2) is 4.79 Å². The standard InChI is InChI=1S/C22H24O7/c1-6-29-22(24)17(11-14-7-10-18(26-3)20(12-14)28-5)21(23)16-9-8-15(25-2)13-19(16)27-4/h7-13H,6H2,1-5H3/b17-11-. The minimum Gasteiger partial charge on any atom is -0.497 e. The summed E-state index contributed by atoms with van der Waals surface area (Å²) in [6, 6.07) is 9.80. The Morgan fingerprint density at radius 3 is 2.10 bits per heavy atom. The van der Waals surface area contributed by atoms with Crippen molar-refractivity contribution >= 4 is 17.8 Å². The first-order valence-electron chi connectivity index (χ1n) is 8.86. The van der Waals surface area contributed by atoms with Crippen LogP contribution in [0.4, 0.5) is 0 Å². The van der Waals surface area contributed by atoms with E-state index in [0.29, 0.717) is 22.8 Å². The van der Waals surface area contributed by atoms with Gasteiger partial charge in [0, 0.05) is 6.07 Å². The molecule has 7 heteroatoms. The Kier molecular flexibility index (Phi) is 7.65. The van der Waals surface area contributed by atoms with E-state index in [1.807, 2.05) is 0 Å². The molecule has 0 radical (unpaired) electrons. The number of hydrogen-bond donors (Lipinski definition) is 0. The summed E-state index contributed by atoms with van der Waals surface area (Å²) < 4.78 is 26.0. The molecule has 0 N–H and O–H groups in total. The lowest BCUT2D eigenvalue weighted by Crippen LogP contribution is -2.17. The van der Waals surface area contributed by atoms with Crippen molar-refractivity contribution in [3.05, 3.63) is 53.1 Å². The van der Waals surface area contributed by atoms with Crippen LogP contribution in [0.3, 0.4) is 0 Å². The third-order valence-corrected chi connectivity index (χ3v) is 4.11. The van der Waals surface area contributed by atoms with Gasteiger partial charge in [-0.1, -0.05) is 6.07 Å². The predicted molar refractivity (Wildman–Crippen MR) is 108 cm³/mol. The van der Waals surface area contributed by atoms with E-state index in [-0.39, 0.29) is 23.5 Å². The van der Waals surface area contributed by atoms with Crippen LogP contribution < -0.4 is 18.9 Å². The highest BCUT2D eigenvalue weighted by atomic mass is 16.5. The fraction of sp³-hybridized carbons (Fsp3) is 0.273. The number of carbonyl (C=O) groups is 2. The van der Waals surface area contributed by atoms with E-state index in [4.69, 9.17) is 23.7 Å². The van der Waals surface area contributed by atoms with Gasteiger partial charge < -0.3 is 23.7 Å². The van der Waals surface area contributed by atoms with Crippen molar-refractivity contribution in [2.24, 2.45) is 0 Å². The van der Waals surface area contributed by atoms with Crippen molar-refractivity contribution in [2.45, 2.75) is 6.92 Å². The van der Waals surface area contributed by atoms with E-state index < -0.39 is 11.8 Å². The van der Waals surface area contributed by atoms with E-state index in [1.54, 1.807) is 43.3 Å².